The number of allylic oxidation sites excluding steroid dienone is 1. The Morgan fingerprint density at radius 3 is 2.59 bits per heavy atom. The van der Waals surface area contributed by atoms with E-state index in [1.807, 2.05) is 0 Å². The molecule has 0 heterocycles. The van der Waals surface area contributed by atoms with E-state index in [9.17, 15) is 14.7 Å². The predicted molar refractivity (Wildman–Crippen MR) is 113 cm³/mol. The van der Waals surface area contributed by atoms with Crippen molar-refractivity contribution in [1.82, 2.24) is 0 Å². The van der Waals surface area contributed by atoms with Gasteiger partial charge in [-0.15, -0.1) is 0 Å². The first kappa shape index (κ1) is 20.0. The van der Waals surface area contributed by atoms with Gasteiger partial charge >= 0.3 is 0 Å². The van der Waals surface area contributed by atoms with Gasteiger partial charge in [-0.25, -0.2) is 0 Å². The molecule has 5 aliphatic rings. The molecule has 0 aromatic heterocycles. The molecule has 5 rings (SSSR count). The lowest BCUT2D eigenvalue weighted by Crippen LogP contribution is -2.55. The summed E-state index contributed by atoms with van der Waals surface area (Å²) in [5, 5.41) is 10.7. The second-order valence-electron chi connectivity index (χ2n) is 11.9. The average molecular weight is 399 g/mol. The van der Waals surface area contributed by atoms with Crippen LogP contribution >= 0.6 is 0 Å². The Hall–Kier alpha value is -0.960. The van der Waals surface area contributed by atoms with Crippen LogP contribution in [-0.4, -0.2) is 22.8 Å². The van der Waals surface area contributed by atoms with Gasteiger partial charge in [0.05, 0.1) is 6.10 Å². The first-order valence-electron chi connectivity index (χ1n) is 12.1. The number of Topliss-reactive ketones (excluding diaryl/α,β-unsaturated/α-hetero) is 1. The zero-order chi connectivity index (χ0) is 20.8. The van der Waals surface area contributed by atoms with Gasteiger partial charge in [0.25, 0.3) is 0 Å². The molecule has 160 valence electrons. The third kappa shape index (κ3) is 2.46. The first-order chi connectivity index (χ1) is 13.6. The Morgan fingerprint density at radius 1 is 1.14 bits per heavy atom. The molecule has 0 unspecified atom stereocenters. The molecule has 5 saturated carbocycles. The first-order valence-corrected chi connectivity index (χ1v) is 12.1. The molecule has 0 aliphatic heterocycles. The van der Waals surface area contributed by atoms with Gasteiger partial charge in [0, 0.05) is 11.8 Å². The highest BCUT2D eigenvalue weighted by Gasteiger charge is 2.77. The molecule has 0 saturated heterocycles. The Bertz CT molecular complexity index is 770. The monoisotopic (exact) mass is 398 g/mol. The fourth-order valence-electron chi connectivity index (χ4n) is 9.56. The van der Waals surface area contributed by atoms with Crippen molar-refractivity contribution >= 4 is 11.6 Å². The minimum absolute atomic E-state index is 0.00916. The van der Waals surface area contributed by atoms with Crippen LogP contribution < -0.4 is 0 Å². The number of carbonyl (C=O) groups is 2. The number of rotatable bonds is 4. The molecule has 0 radical (unpaired) electrons. The fraction of sp³-hybridized carbons (Fsp3) is 0.846. The summed E-state index contributed by atoms with van der Waals surface area (Å²) in [6, 6.07) is 0. The second kappa shape index (κ2) is 6.28. The maximum atomic E-state index is 13.4. The van der Waals surface area contributed by atoms with Gasteiger partial charge in [-0.2, -0.15) is 0 Å². The zero-order valence-corrected chi connectivity index (χ0v) is 18.6. The summed E-state index contributed by atoms with van der Waals surface area (Å²) in [4.78, 5) is 24.7. The highest BCUT2D eigenvalue weighted by Crippen LogP contribution is 2.80. The van der Waals surface area contributed by atoms with Gasteiger partial charge in [0.1, 0.15) is 5.78 Å². The summed E-state index contributed by atoms with van der Waals surface area (Å²) < 4.78 is 0. The van der Waals surface area contributed by atoms with Gasteiger partial charge in [-0.1, -0.05) is 26.8 Å². The highest BCUT2D eigenvalue weighted by molar-refractivity contribution is 5.91. The molecule has 29 heavy (non-hydrogen) atoms. The zero-order valence-electron chi connectivity index (χ0n) is 18.6. The number of aliphatic hydroxyl groups is 1. The molecule has 5 fully saturated rings. The quantitative estimate of drug-likeness (QED) is 0.681. The summed E-state index contributed by atoms with van der Waals surface area (Å²) >= 11 is 0. The lowest BCUT2D eigenvalue weighted by molar-refractivity contribution is -0.152. The summed E-state index contributed by atoms with van der Waals surface area (Å²) in [6.45, 7) is 8.62. The summed E-state index contributed by atoms with van der Waals surface area (Å²) in [5.74, 6) is 3.82. The Kier molecular flexibility index (Phi) is 4.32. The maximum Gasteiger partial charge on any atom is 0.152 e. The van der Waals surface area contributed by atoms with Crippen LogP contribution in [0, 0.1) is 51.8 Å². The van der Waals surface area contributed by atoms with Crippen LogP contribution in [-0.2, 0) is 9.59 Å². The number of aliphatic hydroxyl groups excluding tert-OH is 1. The van der Waals surface area contributed by atoms with E-state index < -0.39 is 6.10 Å². The van der Waals surface area contributed by atoms with Gasteiger partial charge in [-0.05, 0) is 104 Å². The number of hydrogen-bond acceptors (Lipinski definition) is 3. The second-order valence-corrected chi connectivity index (χ2v) is 11.9. The lowest BCUT2D eigenvalue weighted by atomic mass is 9.45. The minimum Gasteiger partial charge on any atom is -0.389 e. The fourth-order valence-corrected chi connectivity index (χ4v) is 9.56. The molecule has 0 aromatic carbocycles. The van der Waals surface area contributed by atoms with Crippen molar-refractivity contribution in [2.24, 2.45) is 51.8 Å². The summed E-state index contributed by atoms with van der Waals surface area (Å²) in [5.41, 5.74) is 0.543. The number of carbonyl (C=O) groups excluding carboxylic acids is 2. The van der Waals surface area contributed by atoms with Crippen molar-refractivity contribution in [3.63, 3.8) is 0 Å². The van der Waals surface area contributed by atoms with E-state index in [0.717, 1.165) is 18.8 Å². The number of ketones is 2. The Morgan fingerprint density at radius 2 is 1.90 bits per heavy atom. The summed E-state index contributed by atoms with van der Waals surface area (Å²) in [7, 11) is 0. The lowest BCUT2D eigenvalue weighted by Gasteiger charge is -2.58. The van der Waals surface area contributed by atoms with Crippen LogP contribution in [0.3, 0.4) is 0 Å². The Balaban J connectivity index is 1.40. The normalized spacial score (nSPS) is 52.4. The van der Waals surface area contributed by atoms with E-state index >= 15 is 0 Å². The predicted octanol–water partition coefficient (Wildman–Crippen LogP) is 4.97. The molecule has 3 heteroatoms. The van der Waals surface area contributed by atoms with Crippen molar-refractivity contribution in [3.8, 4) is 0 Å². The molecule has 1 N–H and O–H groups in total. The molecular formula is C26H38O3. The van der Waals surface area contributed by atoms with Crippen molar-refractivity contribution in [1.29, 1.82) is 0 Å². The van der Waals surface area contributed by atoms with Crippen molar-refractivity contribution in [2.45, 2.75) is 85.2 Å². The van der Waals surface area contributed by atoms with Crippen LogP contribution in [0.2, 0.25) is 0 Å². The third-order valence-corrected chi connectivity index (χ3v) is 11.1. The van der Waals surface area contributed by atoms with E-state index in [2.05, 4.69) is 20.8 Å². The largest absolute Gasteiger partial charge is 0.389 e. The third-order valence-electron chi connectivity index (χ3n) is 11.1. The van der Waals surface area contributed by atoms with Crippen molar-refractivity contribution in [3.05, 3.63) is 12.2 Å². The van der Waals surface area contributed by atoms with Gasteiger partial charge < -0.3 is 5.11 Å². The van der Waals surface area contributed by atoms with E-state index in [4.69, 9.17) is 0 Å². The highest BCUT2D eigenvalue weighted by atomic mass is 16.3. The van der Waals surface area contributed by atoms with Crippen LogP contribution in [0.25, 0.3) is 0 Å². The molecule has 10 atom stereocenters. The van der Waals surface area contributed by atoms with Crippen LogP contribution in [0.4, 0.5) is 0 Å². The van der Waals surface area contributed by atoms with Crippen molar-refractivity contribution < 1.29 is 14.7 Å². The van der Waals surface area contributed by atoms with Crippen molar-refractivity contribution in [2.75, 3.05) is 0 Å². The molecule has 3 nitrogen and oxygen atoms in total. The number of fused-ring (bicyclic) bond motifs is 4. The molecule has 5 aliphatic carbocycles. The number of hydrogen-bond donors (Lipinski definition) is 1. The van der Waals surface area contributed by atoms with Crippen LogP contribution in [0.1, 0.15) is 79.1 Å². The topological polar surface area (TPSA) is 54.4 Å². The minimum atomic E-state index is -0.562. The van der Waals surface area contributed by atoms with Gasteiger partial charge in [0.15, 0.2) is 5.78 Å². The smallest absolute Gasteiger partial charge is 0.152 e. The van der Waals surface area contributed by atoms with Gasteiger partial charge in [0.2, 0.25) is 0 Å². The molecule has 0 bridgehead atoms. The standard InChI is InChI=1S/C26H38O3/c1-15(27)5-8-22(28)16(2)19-6-7-20-18-13-23(29)26-14-17(26)9-12-25(26,4)21(18)10-11-24(19,20)3/h5,8,16-22,28H,6-7,9-14H2,1-4H3/b8-5+/t16-,17+,18-,19+,20-,21-,22-,24+,25+,26-/m0/s1. The molecular weight excluding hydrogens is 360 g/mol. The maximum absolute atomic E-state index is 13.4. The van der Waals surface area contributed by atoms with Crippen LogP contribution in [0.15, 0.2) is 12.2 Å². The van der Waals surface area contributed by atoms with E-state index in [-0.39, 0.29) is 27.9 Å². The van der Waals surface area contributed by atoms with Gasteiger partial charge in [-0.3, -0.25) is 9.59 Å². The van der Waals surface area contributed by atoms with E-state index in [1.165, 1.54) is 51.5 Å². The van der Waals surface area contributed by atoms with E-state index in [0.29, 0.717) is 29.5 Å². The Labute approximate surface area is 175 Å². The molecule has 1 spiro atoms. The average Bonchev–Trinajstić information content (AvgIpc) is 3.20. The summed E-state index contributed by atoms with van der Waals surface area (Å²) in [6.07, 6.45) is 12.0. The molecule has 0 amide bonds. The van der Waals surface area contributed by atoms with Crippen LogP contribution in [0.5, 0.6) is 0 Å². The van der Waals surface area contributed by atoms with E-state index in [1.54, 1.807) is 6.08 Å². The molecule has 0 aromatic rings. The SMILES string of the molecule is CC(=O)/C=C/[C@H](O)[C@@H](C)[C@H]1CC[C@H]2[C@@H]3CC(=O)[C@]45C[C@H]4CC[C@]5(C)[C@H]3CC[C@]12C.